The Morgan fingerprint density at radius 3 is 2.15 bits per heavy atom. The summed E-state index contributed by atoms with van der Waals surface area (Å²) < 4.78 is 0. The Morgan fingerprint density at radius 1 is 1.00 bits per heavy atom. The molecule has 0 aromatic heterocycles. The highest BCUT2D eigenvalue weighted by Gasteiger charge is 2.35. The van der Waals surface area contributed by atoms with E-state index in [1.165, 1.54) is 38.5 Å². The minimum Gasteiger partial charge on any atom is -0.384 e. The molecule has 0 unspecified atom stereocenters. The molecule has 0 atom stereocenters. The largest absolute Gasteiger partial charge is 0.384 e. The summed E-state index contributed by atoms with van der Waals surface area (Å²) in [5.74, 6) is 8.14. The van der Waals surface area contributed by atoms with Gasteiger partial charge in [0.05, 0.1) is 0 Å². The molecule has 0 aromatic carbocycles. The van der Waals surface area contributed by atoms with Crippen LogP contribution in [0.2, 0.25) is 0 Å². The standard InChI is InChI=1S/C18H30O2/c1-2-4-15-5-7-16(8-6-15)17-9-12-18(20,13-10-17)11-3-14-19/h15-17,19-20H,2,4-10,12-14H2,1H3. The second-order valence-electron chi connectivity index (χ2n) is 6.90. The summed E-state index contributed by atoms with van der Waals surface area (Å²) in [5, 5.41) is 19.1. The third-order valence-electron chi connectivity index (χ3n) is 5.51. The van der Waals surface area contributed by atoms with E-state index in [0.29, 0.717) is 0 Å². The lowest BCUT2D eigenvalue weighted by atomic mass is 9.68. The van der Waals surface area contributed by atoms with Gasteiger partial charge in [-0.3, -0.25) is 0 Å². The second kappa shape index (κ2) is 7.48. The quantitative estimate of drug-likeness (QED) is 0.776. The van der Waals surface area contributed by atoms with E-state index >= 15 is 0 Å². The van der Waals surface area contributed by atoms with Gasteiger partial charge in [-0.2, -0.15) is 0 Å². The summed E-state index contributed by atoms with van der Waals surface area (Å²) in [4.78, 5) is 0. The van der Waals surface area contributed by atoms with Crippen LogP contribution in [0.4, 0.5) is 0 Å². The van der Waals surface area contributed by atoms with Crippen molar-refractivity contribution in [1.82, 2.24) is 0 Å². The molecule has 0 aromatic rings. The van der Waals surface area contributed by atoms with E-state index in [-0.39, 0.29) is 6.61 Å². The molecule has 2 saturated carbocycles. The first-order chi connectivity index (χ1) is 9.67. The maximum absolute atomic E-state index is 10.3. The van der Waals surface area contributed by atoms with E-state index in [4.69, 9.17) is 5.11 Å². The number of aliphatic hydroxyl groups excluding tert-OH is 1. The molecule has 2 aliphatic carbocycles. The van der Waals surface area contributed by atoms with E-state index in [2.05, 4.69) is 18.8 Å². The monoisotopic (exact) mass is 278 g/mol. The molecule has 2 fully saturated rings. The molecule has 0 heterocycles. The minimum absolute atomic E-state index is 0.146. The molecule has 114 valence electrons. The van der Waals surface area contributed by atoms with E-state index in [1.54, 1.807) is 0 Å². The molecule has 2 nitrogen and oxygen atoms in total. The molecule has 0 spiro atoms. The number of hydrogen-bond donors (Lipinski definition) is 2. The molecule has 0 radical (unpaired) electrons. The lowest BCUT2D eigenvalue weighted by Gasteiger charge is -2.39. The summed E-state index contributed by atoms with van der Waals surface area (Å²) in [5.41, 5.74) is -0.821. The molecular formula is C18H30O2. The fourth-order valence-corrected chi connectivity index (χ4v) is 4.27. The Labute approximate surface area is 124 Å². The van der Waals surface area contributed by atoms with Crippen LogP contribution < -0.4 is 0 Å². The van der Waals surface area contributed by atoms with Gasteiger partial charge in [0.15, 0.2) is 0 Å². The highest BCUT2D eigenvalue weighted by molar-refractivity contribution is 5.15. The van der Waals surface area contributed by atoms with Crippen LogP contribution in [0.25, 0.3) is 0 Å². The summed E-state index contributed by atoms with van der Waals surface area (Å²) >= 11 is 0. The van der Waals surface area contributed by atoms with Gasteiger partial charge >= 0.3 is 0 Å². The zero-order valence-electron chi connectivity index (χ0n) is 12.9. The third-order valence-corrected chi connectivity index (χ3v) is 5.51. The van der Waals surface area contributed by atoms with Crippen molar-refractivity contribution in [2.45, 2.75) is 76.7 Å². The van der Waals surface area contributed by atoms with Crippen molar-refractivity contribution < 1.29 is 10.2 Å². The maximum atomic E-state index is 10.3. The summed E-state index contributed by atoms with van der Waals surface area (Å²) in [7, 11) is 0. The van der Waals surface area contributed by atoms with Crippen molar-refractivity contribution in [3.8, 4) is 11.8 Å². The van der Waals surface area contributed by atoms with Crippen molar-refractivity contribution in [2.75, 3.05) is 6.61 Å². The Morgan fingerprint density at radius 2 is 1.60 bits per heavy atom. The lowest BCUT2D eigenvalue weighted by molar-refractivity contribution is 0.0254. The van der Waals surface area contributed by atoms with Gasteiger partial charge in [-0.05, 0) is 56.3 Å². The molecule has 2 rings (SSSR count). The first kappa shape index (κ1) is 15.9. The van der Waals surface area contributed by atoms with Gasteiger partial charge in [0.1, 0.15) is 12.2 Å². The third kappa shape index (κ3) is 4.24. The van der Waals surface area contributed by atoms with Gasteiger partial charge in [0.25, 0.3) is 0 Å². The summed E-state index contributed by atoms with van der Waals surface area (Å²) in [6, 6.07) is 0. The predicted molar refractivity (Wildman–Crippen MR) is 82.1 cm³/mol. The fraction of sp³-hybridized carbons (Fsp3) is 0.889. The zero-order valence-corrected chi connectivity index (χ0v) is 12.9. The summed E-state index contributed by atoms with van der Waals surface area (Å²) in [6.45, 7) is 2.15. The molecule has 20 heavy (non-hydrogen) atoms. The van der Waals surface area contributed by atoms with Crippen LogP contribution in [0.3, 0.4) is 0 Å². The van der Waals surface area contributed by atoms with Gasteiger partial charge in [0.2, 0.25) is 0 Å². The average Bonchev–Trinajstić information content (AvgIpc) is 2.47. The molecule has 2 aliphatic rings. The van der Waals surface area contributed by atoms with Crippen molar-refractivity contribution in [1.29, 1.82) is 0 Å². The topological polar surface area (TPSA) is 40.5 Å². The molecule has 0 saturated heterocycles. The van der Waals surface area contributed by atoms with E-state index in [0.717, 1.165) is 43.4 Å². The Balaban J connectivity index is 1.77. The normalized spacial score (nSPS) is 38.0. The smallest absolute Gasteiger partial charge is 0.125 e. The lowest BCUT2D eigenvalue weighted by Crippen LogP contribution is -2.35. The van der Waals surface area contributed by atoms with E-state index < -0.39 is 5.60 Å². The first-order valence-electron chi connectivity index (χ1n) is 8.50. The number of aliphatic hydroxyl groups is 2. The molecule has 0 amide bonds. The van der Waals surface area contributed by atoms with E-state index in [9.17, 15) is 5.11 Å². The molecule has 0 bridgehead atoms. The highest BCUT2D eigenvalue weighted by atomic mass is 16.3. The molecule has 0 aliphatic heterocycles. The van der Waals surface area contributed by atoms with Gasteiger partial charge in [-0.25, -0.2) is 0 Å². The Kier molecular flexibility index (Phi) is 5.93. The van der Waals surface area contributed by atoms with Gasteiger partial charge < -0.3 is 10.2 Å². The van der Waals surface area contributed by atoms with Gasteiger partial charge in [-0.1, -0.05) is 44.4 Å². The SMILES string of the molecule is CCCC1CCC(C2CCC(O)(C#CCO)CC2)CC1. The summed E-state index contributed by atoms with van der Waals surface area (Å²) in [6.07, 6.45) is 12.2. The fourth-order valence-electron chi connectivity index (χ4n) is 4.27. The molecular weight excluding hydrogens is 248 g/mol. The second-order valence-corrected chi connectivity index (χ2v) is 6.90. The number of rotatable bonds is 3. The highest BCUT2D eigenvalue weighted by Crippen LogP contribution is 2.43. The van der Waals surface area contributed by atoms with Crippen molar-refractivity contribution in [3.63, 3.8) is 0 Å². The van der Waals surface area contributed by atoms with Crippen molar-refractivity contribution in [2.24, 2.45) is 17.8 Å². The Hall–Kier alpha value is -0.520. The molecule has 2 heteroatoms. The van der Waals surface area contributed by atoms with Crippen molar-refractivity contribution >= 4 is 0 Å². The van der Waals surface area contributed by atoms with Gasteiger partial charge in [0, 0.05) is 0 Å². The van der Waals surface area contributed by atoms with Crippen LogP contribution in [0.5, 0.6) is 0 Å². The van der Waals surface area contributed by atoms with Crippen LogP contribution in [-0.2, 0) is 0 Å². The van der Waals surface area contributed by atoms with Crippen LogP contribution in [0, 0.1) is 29.6 Å². The van der Waals surface area contributed by atoms with E-state index in [1.807, 2.05) is 0 Å². The molecule has 2 N–H and O–H groups in total. The van der Waals surface area contributed by atoms with Crippen LogP contribution in [-0.4, -0.2) is 22.4 Å². The van der Waals surface area contributed by atoms with Gasteiger partial charge in [-0.15, -0.1) is 0 Å². The minimum atomic E-state index is -0.821. The van der Waals surface area contributed by atoms with Crippen LogP contribution in [0.1, 0.15) is 71.1 Å². The average molecular weight is 278 g/mol. The number of hydrogen-bond acceptors (Lipinski definition) is 2. The zero-order chi connectivity index (χ0) is 14.4. The van der Waals surface area contributed by atoms with Crippen molar-refractivity contribution in [3.05, 3.63) is 0 Å². The maximum Gasteiger partial charge on any atom is 0.125 e. The van der Waals surface area contributed by atoms with Crippen LogP contribution in [0.15, 0.2) is 0 Å². The van der Waals surface area contributed by atoms with Crippen LogP contribution >= 0.6 is 0 Å². The first-order valence-corrected chi connectivity index (χ1v) is 8.50. The predicted octanol–water partition coefficient (Wildman–Crippen LogP) is 3.51. The Bertz CT molecular complexity index is 336.